The molecule has 1 fully saturated rings. The monoisotopic (exact) mass is 443 g/mol. The summed E-state index contributed by atoms with van der Waals surface area (Å²) in [6.07, 6.45) is 0. The van der Waals surface area contributed by atoms with E-state index < -0.39 is 16.1 Å². The van der Waals surface area contributed by atoms with E-state index in [2.05, 4.69) is 4.72 Å². The lowest BCUT2D eigenvalue weighted by Crippen LogP contribution is -2.59. The second-order valence-electron chi connectivity index (χ2n) is 8.15. The number of carbonyl (C=O) groups excluding carboxylic acids is 2. The van der Waals surface area contributed by atoms with E-state index in [1.54, 1.807) is 40.1 Å². The number of benzene rings is 2. The lowest BCUT2D eigenvalue weighted by Gasteiger charge is -2.41. The van der Waals surface area contributed by atoms with Crippen LogP contribution >= 0.6 is 0 Å². The van der Waals surface area contributed by atoms with Gasteiger partial charge in [0, 0.05) is 31.2 Å². The third kappa shape index (κ3) is 5.32. The van der Waals surface area contributed by atoms with Gasteiger partial charge < -0.3 is 9.80 Å². The molecule has 7 nitrogen and oxygen atoms in total. The maximum absolute atomic E-state index is 13.2. The summed E-state index contributed by atoms with van der Waals surface area (Å²) >= 11 is 0. The zero-order valence-corrected chi connectivity index (χ0v) is 18.9. The van der Waals surface area contributed by atoms with E-state index in [1.807, 2.05) is 39.0 Å². The second-order valence-corrected chi connectivity index (χ2v) is 9.87. The number of nitrogens with zero attached hydrogens (tertiary/aromatic N) is 2. The molecule has 1 aliphatic heterocycles. The predicted octanol–water partition coefficient (Wildman–Crippen LogP) is 2.36. The van der Waals surface area contributed by atoms with Crippen LogP contribution in [-0.2, 0) is 14.8 Å². The fourth-order valence-corrected chi connectivity index (χ4v) is 5.07. The number of carbonyl (C=O) groups is 2. The molecule has 2 aromatic rings. The molecule has 8 heteroatoms. The van der Waals surface area contributed by atoms with E-state index in [-0.39, 0.29) is 28.7 Å². The summed E-state index contributed by atoms with van der Waals surface area (Å²) in [6.45, 7) is 6.64. The zero-order chi connectivity index (χ0) is 22.6. The van der Waals surface area contributed by atoms with Crippen LogP contribution in [0.3, 0.4) is 0 Å². The highest BCUT2D eigenvalue weighted by molar-refractivity contribution is 7.89. The molecule has 0 aromatic heterocycles. The summed E-state index contributed by atoms with van der Waals surface area (Å²) in [5, 5.41) is 0. The molecule has 2 aromatic carbocycles. The van der Waals surface area contributed by atoms with Crippen molar-refractivity contribution in [2.75, 3.05) is 19.6 Å². The molecule has 1 aliphatic rings. The number of hydrogen-bond acceptors (Lipinski definition) is 4. The highest BCUT2D eigenvalue weighted by atomic mass is 32.2. The molecule has 2 atom stereocenters. The van der Waals surface area contributed by atoms with E-state index >= 15 is 0 Å². The fraction of sp³-hybridized carbons (Fsp3) is 0.391. The van der Waals surface area contributed by atoms with Gasteiger partial charge in [0.15, 0.2) is 0 Å². The van der Waals surface area contributed by atoms with Crippen molar-refractivity contribution in [3.8, 4) is 0 Å². The Morgan fingerprint density at radius 1 is 0.968 bits per heavy atom. The first-order valence-corrected chi connectivity index (χ1v) is 11.9. The topological polar surface area (TPSA) is 86.8 Å². The molecule has 0 radical (unpaired) electrons. The summed E-state index contributed by atoms with van der Waals surface area (Å²) in [5.41, 5.74) is 0.616. The maximum atomic E-state index is 13.2. The minimum absolute atomic E-state index is 0.0645. The average molecular weight is 444 g/mol. The van der Waals surface area contributed by atoms with Crippen LogP contribution in [0.5, 0.6) is 0 Å². The Labute approximate surface area is 184 Å². The second kappa shape index (κ2) is 9.62. The van der Waals surface area contributed by atoms with Crippen LogP contribution in [0, 0.1) is 5.92 Å². The number of amides is 2. The standard InChI is InChI=1S/C23H29N3O4S/c1-17(2)21(24-31(29,30)20-12-8-5-9-13-20)23(28)25-14-15-26(18(3)16-25)22(27)19-10-6-4-7-11-19/h4-13,17-18,21,24H,14-16H2,1-3H3. The van der Waals surface area contributed by atoms with Gasteiger partial charge in [-0.15, -0.1) is 0 Å². The van der Waals surface area contributed by atoms with Gasteiger partial charge in [0.1, 0.15) is 6.04 Å². The summed E-state index contributed by atoms with van der Waals surface area (Å²) in [4.78, 5) is 29.6. The molecule has 0 bridgehead atoms. The third-order valence-corrected chi connectivity index (χ3v) is 6.95. The number of rotatable bonds is 6. The molecule has 0 aliphatic carbocycles. The van der Waals surface area contributed by atoms with Gasteiger partial charge in [0.2, 0.25) is 15.9 Å². The Bertz CT molecular complexity index is 1010. The van der Waals surface area contributed by atoms with Crippen LogP contribution in [0.2, 0.25) is 0 Å². The van der Waals surface area contributed by atoms with Gasteiger partial charge in [-0.25, -0.2) is 8.42 Å². The van der Waals surface area contributed by atoms with E-state index in [1.165, 1.54) is 12.1 Å². The number of sulfonamides is 1. The molecule has 1 heterocycles. The number of piperazine rings is 1. The van der Waals surface area contributed by atoms with Crippen LogP contribution in [0.25, 0.3) is 0 Å². The van der Waals surface area contributed by atoms with Gasteiger partial charge in [-0.1, -0.05) is 50.2 Å². The summed E-state index contributed by atoms with van der Waals surface area (Å²) < 4.78 is 28.1. The Morgan fingerprint density at radius 2 is 1.55 bits per heavy atom. The maximum Gasteiger partial charge on any atom is 0.254 e. The van der Waals surface area contributed by atoms with Gasteiger partial charge in [0.25, 0.3) is 5.91 Å². The van der Waals surface area contributed by atoms with Crippen LogP contribution in [0.15, 0.2) is 65.6 Å². The third-order valence-electron chi connectivity index (χ3n) is 5.49. The van der Waals surface area contributed by atoms with E-state index in [4.69, 9.17) is 0 Å². The highest BCUT2D eigenvalue weighted by Gasteiger charge is 2.36. The minimum Gasteiger partial charge on any atom is -0.337 e. The molecular weight excluding hydrogens is 414 g/mol. The Hall–Kier alpha value is -2.71. The first-order valence-electron chi connectivity index (χ1n) is 10.4. The largest absolute Gasteiger partial charge is 0.337 e. The zero-order valence-electron chi connectivity index (χ0n) is 18.1. The van der Waals surface area contributed by atoms with Crippen molar-refractivity contribution in [2.24, 2.45) is 5.92 Å². The molecule has 0 saturated carbocycles. The molecule has 166 valence electrons. The van der Waals surface area contributed by atoms with Crippen molar-refractivity contribution >= 4 is 21.8 Å². The van der Waals surface area contributed by atoms with Crippen LogP contribution < -0.4 is 4.72 Å². The molecule has 2 unspecified atom stereocenters. The van der Waals surface area contributed by atoms with Crippen molar-refractivity contribution in [2.45, 2.75) is 37.8 Å². The normalized spacial score (nSPS) is 18.1. The van der Waals surface area contributed by atoms with E-state index in [9.17, 15) is 18.0 Å². The number of hydrogen-bond donors (Lipinski definition) is 1. The molecule has 3 rings (SSSR count). The van der Waals surface area contributed by atoms with Gasteiger partial charge in [-0.05, 0) is 37.1 Å². The molecule has 1 saturated heterocycles. The Balaban J connectivity index is 1.70. The van der Waals surface area contributed by atoms with Crippen molar-refractivity contribution in [1.82, 2.24) is 14.5 Å². The molecule has 2 amide bonds. The van der Waals surface area contributed by atoms with Crippen LogP contribution in [-0.4, -0.2) is 61.7 Å². The lowest BCUT2D eigenvalue weighted by atomic mass is 10.0. The van der Waals surface area contributed by atoms with E-state index in [0.717, 1.165) is 0 Å². The summed E-state index contributed by atoms with van der Waals surface area (Å²) in [7, 11) is -3.82. The van der Waals surface area contributed by atoms with Crippen LogP contribution in [0.1, 0.15) is 31.1 Å². The Kier molecular flexibility index (Phi) is 7.12. The van der Waals surface area contributed by atoms with Gasteiger partial charge in [-0.3, -0.25) is 9.59 Å². The minimum atomic E-state index is -3.82. The van der Waals surface area contributed by atoms with Gasteiger partial charge in [0.05, 0.1) is 4.90 Å². The van der Waals surface area contributed by atoms with E-state index in [0.29, 0.717) is 25.2 Å². The molecule has 1 N–H and O–H groups in total. The number of nitrogens with one attached hydrogen (secondary N) is 1. The van der Waals surface area contributed by atoms with Gasteiger partial charge >= 0.3 is 0 Å². The first-order chi connectivity index (χ1) is 14.7. The molecule has 31 heavy (non-hydrogen) atoms. The van der Waals surface area contributed by atoms with Crippen molar-refractivity contribution in [1.29, 1.82) is 0 Å². The fourth-order valence-electron chi connectivity index (χ4n) is 3.71. The van der Waals surface area contributed by atoms with Crippen molar-refractivity contribution < 1.29 is 18.0 Å². The predicted molar refractivity (Wildman–Crippen MR) is 119 cm³/mol. The lowest BCUT2D eigenvalue weighted by molar-refractivity contribution is -0.136. The quantitative estimate of drug-likeness (QED) is 0.743. The highest BCUT2D eigenvalue weighted by Crippen LogP contribution is 2.18. The Morgan fingerprint density at radius 3 is 2.10 bits per heavy atom. The van der Waals surface area contributed by atoms with Crippen LogP contribution in [0.4, 0.5) is 0 Å². The molecular formula is C23H29N3O4S. The van der Waals surface area contributed by atoms with Crippen molar-refractivity contribution in [3.05, 3.63) is 66.2 Å². The summed E-state index contributed by atoms with van der Waals surface area (Å²) in [6, 6.07) is 16.0. The van der Waals surface area contributed by atoms with Gasteiger partial charge in [-0.2, -0.15) is 4.72 Å². The molecule has 0 spiro atoms. The summed E-state index contributed by atoms with van der Waals surface area (Å²) in [5.74, 6) is -0.566. The SMILES string of the molecule is CC(C)C(NS(=O)(=O)c1ccccc1)C(=O)N1CCN(C(=O)c2ccccc2)C(C)C1. The first kappa shape index (κ1) is 23.0. The van der Waals surface area contributed by atoms with Crippen molar-refractivity contribution in [3.63, 3.8) is 0 Å². The smallest absolute Gasteiger partial charge is 0.254 e. The average Bonchev–Trinajstić information content (AvgIpc) is 2.77.